The Morgan fingerprint density at radius 1 is 1.06 bits per heavy atom. The number of aliphatic carboxylic acids is 1. The fourth-order valence-corrected chi connectivity index (χ4v) is 7.25. The summed E-state index contributed by atoms with van der Waals surface area (Å²) in [6, 6.07) is 16.1. The molecule has 8 heteroatoms. The van der Waals surface area contributed by atoms with Gasteiger partial charge in [-0.2, -0.15) is 0 Å². The first kappa shape index (κ1) is 20.1. The van der Waals surface area contributed by atoms with Crippen molar-refractivity contribution < 1.29 is 27.9 Å². The van der Waals surface area contributed by atoms with E-state index in [1.54, 1.807) is 0 Å². The van der Waals surface area contributed by atoms with Crippen molar-refractivity contribution in [3.63, 3.8) is 0 Å². The molecular formula is C23H23NO6S. The predicted molar refractivity (Wildman–Crippen MR) is 113 cm³/mol. The summed E-state index contributed by atoms with van der Waals surface area (Å²) >= 11 is 0. The molecule has 2 fully saturated rings. The van der Waals surface area contributed by atoms with Crippen LogP contribution < -0.4 is 0 Å². The fourth-order valence-electron chi connectivity index (χ4n) is 5.37. The number of hydrogen-bond acceptors (Lipinski definition) is 5. The molecule has 1 aliphatic carbocycles. The van der Waals surface area contributed by atoms with Gasteiger partial charge in [-0.15, -0.1) is 0 Å². The lowest BCUT2D eigenvalue weighted by Crippen LogP contribution is -2.47. The van der Waals surface area contributed by atoms with E-state index >= 15 is 0 Å². The minimum Gasteiger partial charge on any atom is -0.481 e. The van der Waals surface area contributed by atoms with E-state index in [1.165, 1.54) is 4.90 Å². The minimum absolute atomic E-state index is 0.0147. The van der Waals surface area contributed by atoms with Crippen molar-refractivity contribution in [2.75, 3.05) is 31.2 Å². The van der Waals surface area contributed by atoms with E-state index in [0.29, 0.717) is 0 Å². The summed E-state index contributed by atoms with van der Waals surface area (Å²) in [7, 11) is -3.29. The number of sulfone groups is 1. The summed E-state index contributed by atoms with van der Waals surface area (Å²) in [5, 5.41) is 9.82. The number of carbonyl (C=O) groups excluding carboxylic acids is 1. The number of benzene rings is 2. The number of nitrogens with zero attached hydrogens (tertiary/aromatic N) is 1. The Kier molecular flexibility index (Phi) is 4.58. The minimum atomic E-state index is -3.29. The molecule has 2 atom stereocenters. The quantitative estimate of drug-likeness (QED) is 0.786. The van der Waals surface area contributed by atoms with E-state index < -0.39 is 33.2 Å². The first-order valence-corrected chi connectivity index (χ1v) is 12.2. The molecule has 1 N–H and O–H groups in total. The van der Waals surface area contributed by atoms with Crippen LogP contribution in [0, 0.1) is 11.3 Å². The number of carboxylic acid groups (broad SMARTS) is 1. The maximum absolute atomic E-state index is 12.9. The molecule has 2 heterocycles. The third-order valence-corrected chi connectivity index (χ3v) is 8.77. The highest BCUT2D eigenvalue weighted by molar-refractivity contribution is 7.91. The SMILES string of the molecule is O=C(OCC1c2ccccc2-c2ccccc21)N1C[C@H]2CS(=O)(=O)CC[C@@]2(C(=O)O)C1. The first-order chi connectivity index (χ1) is 14.8. The van der Waals surface area contributed by atoms with Crippen LogP contribution in [0.25, 0.3) is 11.1 Å². The van der Waals surface area contributed by atoms with Crippen LogP contribution in [0.1, 0.15) is 23.5 Å². The molecule has 0 unspecified atom stereocenters. The van der Waals surface area contributed by atoms with Gasteiger partial charge in [0.05, 0.1) is 16.9 Å². The number of carboxylic acids is 1. The van der Waals surface area contributed by atoms with Crippen molar-refractivity contribution >= 4 is 21.9 Å². The lowest BCUT2D eigenvalue weighted by Gasteiger charge is -2.33. The van der Waals surface area contributed by atoms with Gasteiger partial charge < -0.3 is 14.7 Å². The van der Waals surface area contributed by atoms with Crippen molar-refractivity contribution in [2.45, 2.75) is 12.3 Å². The predicted octanol–water partition coefficient (Wildman–Crippen LogP) is 2.76. The largest absolute Gasteiger partial charge is 0.481 e. The van der Waals surface area contributed by atoms with Crippen LogP contribution in [0.5, 0.6) is 0 Å². The molecule has 2 aliphatic heterocycles. The Labute approximate surface area is 180 Å². The van der Waals surface area contributed by atoms with Crippen molar-refractivity contribution in [3.8, 4) is 11.1 Å². The molecule has 2 aromatic carbocycles. The van der Waals surface area contributed by atoms with Gasteiger partial charge in [0, 0.05) is 24.9 Å². The summed E-state index contributed by atoms with van der Waals surface area (Å²) in [6.45, 7) is 0.216. The van der Waals surface area contributed by atoms with Crippen LogP contribution in [0.3, 0.4) is 0 Å². The van der Waals surface area contributed by atoms with Gasteiger partial charge >= 0.3 is 12.1 Å². The smallest absolute Gasteiger partial charge is 0.409 e. The Bertz CT molecular complexity index is 1130. The second-order valence-corrected chi connectivity index (χ2v) is 10.9. The second kappa shape index (κ2) is 7.09. The maximum atomic E-state index is 12.9. The number of hydrogen-bond donors (Lipinski definition) is 1. The van der Waals surface area contributed by atoms with E-state index in [2.05, 4.69) is 12.1 Å². The molecule has 5 rings (SSSR count). The lowest BCUT2D eigenvalue weighted by molar-refractivity contribution is -0.150. The highest BCUT2D eigenvalue weighted by atomic mass is 32.2. The first-order valence-electron chi connectivity index (χ1n) is 10.3. The van der Waals surface area contributed by atoms with Crippen LogP contribution in [0.2, 0.25) is 0 Å². The average Bonchev–Trinajstić information content (AvgIpc) is 3.28. The van der Waals surface area contributed by atoms with Crippen molar-refractivity contribution in [1.82, 2.24) is 4.90 Å². The molecule has 31 heavy (non-hydrogen) atoms. The van der Waals surface area contributed by atoms with Gasteiger partial charge in [-0.1, -0.05) is 48.5 Å². The number of likely N-dealkylation sites (tertiary alicyclic amines) is 1. The molecule has 0 saturated carbocycles. The number of amides is 1. The highest BCUT2D eigenvalue weighted by Gasteiger charge is 2.57. The number of fused-ring (bicyclic) bond motifs is 4. The summed E-state index contributed by atoms with van der Waals surface area (Å²) in [6.07, 6.45) is -0.558. The van der Waals surface area contributed by atoms with E-state index in [9.17, 15) is 23.1 Å². The molecule has 0 aromatic heterocycles. The molecule has 0 radical (unpaired) electrons. The van der Waals surface area contributed by atoms with Crippen LogP contribution >= 0.6 is 0 Å². The Morgan fingerprint density at radius 2 is 1.68 bits per heavy atom. The van der Waals surface area contributed by atoms with Crippen molar-refractivity contribution in [2.24, 2.45) is 11.3 Å². The molecule has 0 spiro atoms. The van der Waals surface area contributed by atoms with Gasteiger partial charge in [0.1, 0.15) is 6.61 Å². The molecule has 162 valence electrons. The van der Waals surface area contributed by atoms with Crippen LogP contribution in [0.4, 0.5) is 4.79 Å². The van der Waals surface area contributed by atoms with Crippen LogP contribution in [-0.2, 0) is 19.4 Å². The topological polar surface area (TPSA) is 101 Å². The zero-order valence-corrected chi connectivity index (χ0v) is 17.7. The zero-order valence-electron chi connectivity index (χ0n) is 16.9. The van der Waals surface area contributed by atoms with Gasteiger partial charge in [-0.3, -0.25) is 4.79 Å². The Balaban J connectivity index is 1.33. The average molecular weight is 442 g/mol. The molecular weight excluding hydrogens is 418 g/mol. The number of carbonyl (C=O) groups is 2. The maximum Gasteiger partial charge on any atom is 0.409 e. The van der Waals surface area contributed by atoms with E-state index in [1.807, 2.05) is 36.4 Å². The second-order valence-electron chi connectivity index (χ2n) is 8.71. The number of ether oxygens (including phenoxy) is 1. The van der Waals surface area contributed by atoms with Gasteiger partial charge in [0.15, 0.2) is 9.84 Å². The van der Waals surface area contributed by atoms with E-state index in [-0.39, 0.29) is 43.5 Å². The van der Waals surface area contributed by atoms with Gasteiger partial charge in [-0.25, -0.2) is 13.2 Å². The normalized spacial score (nSPS) is 26.1. The molecule has 2 saturated heterocycles. The number of rotatable bonds is 3. The Hall–Kier alpha value is -2.87. The fraction of sp³-hybridized carbons (Fsp3) is 0.391. The van der Waals surface area contributed by atoms with Gasteiger partial charge in [0.2, 0.25) is 0 Å². The summed E-state index contributed by atoms with van der Waals surface area (Å²) < 4.78 is 29.7. The van der Waals surface area contributed by atoms with E-state index in [4.69, 9.17) is 4.74 Å². The summed E-state index contributed by atoms with van der Waals surface area (Å²) in [5.41, 5.74) is 3.24. The third kappa shape index (κ3) is 3.20. The van der Waals surface area contributed by atoms with Crippen molar-refractivity contribution in [3.05, 3.63) is 59.7 Å². The lowest BCUT2D eigenvalue weighted by atomic mass is 9.76. The highest BCUT2D eigenvalue weighted by Crippen LogP contribution is 2.46. The summed E-state index contributed by atoms with van der Waals surface area (Å²) in [4.78, 5) is 26.2. The standard InChI is InChI=1S/C23H23NO6S/c25-21(26)23-9-10-31(28,29)13-15(23)11-24(14-23)22(27)30-12-20-18-7-3-1-5-16(18)17-6-2-4-8-19(17)20/h1-8,15,20H,9-14H2,(H,25,26)/t15-,23+/m0/s1. The van der Waals surface area contributed by atoms with Gasteiger partial charge in [-0.05, 0) is 28.7 Å². The zero-order chi connectivity index (χ0) is 21.8. The van der Waals surface area contributed by atoms with Crippen LogP contribution in [-0.4, -0.2) is 61.7 Å². The van der Waals surface area contributed by atoms with E-state index in [0.717, 1.165) is 22.3 Å². The Morgan fingerprint density at radius 3 is 2.29 bits per heavy atom. The molecule has 7 nitrogen and oxygen atoms in total. The molecule has 2 aromatic rings. The summed E-state index contributed by atoms with van der Waals surface area (Å²) in [5.74, 6) is -2.10. The van der Waals surface area contributed by atoms with Crippen LogP contribution in [0.15, 0.2) is 48.5 Å². The third-order valence-electron chi connectivity index (χ3n) is 7.03. The molecule has 1 amide bonds. The monoisotopic (exact) mass is 441 g/mol. The van der Waals surface area contributed by atoms with Gasteiger partial charge in [0.25, 0.3) is 0 Å². The molecule has 3 aliphatic rings. The molecule has 0 bridgehead atoms. The van der Waals surface area contributed by atoms with Crippen molar-refractivity contribution in [1.29, 1.82) is 0 Å².